The van der Waals surface area contributed by atoms with Gasteiger partial charge in [-0.3, -0.25) is 9.59 Å². The van der Waals surface area contributed by atoms with E-state index in [1.807, 2.05) is 47.8 Å². The molecule has 5 nitrogen and oxygen atoms in total. The molecule has 0 fully saturated rings. The maximum Gasteiger partial charge on any atom is 0.274 e. The van der Waals surface area contributed by atoms with Crippen molar-refractivity contribution in [2.75, 3.05) is 0 Å². The van der Waals surface area contributed by atoms with Crippen molar-refractivity contribution in [3.63, 3.8) is 0 Å². The molecule has 2 aromatic carbocycles. The van der Waals surface area contributed by atoms with Gasteiger partial charge in [0.25, 0.3) is 11.5 Å². The molecule has 4 aromatic rings. The van der Waals surface area contributed by atoms with E-state index in [4.69, 9.17) is 0 Å². The van der Waals surface area contributed by atoms with Gasteiger partial charge in [0, 0.05) is 10.3 Å². The Bertz CT molecular complexity index is 1140. The van der Waals surface area contributed by atoms with Gasteiger partial charge in [0.1, 0.15) is 0 Å². The Labute approximate surface area is 159 Å². The minimum Gasteiger partial charge on any atom is -0.346 e. The zero-order valence-corrected chi connectivity index (χ0v) is 15.3. The van der Waals surface area contributed by atoms with E-state index in [-0.39, 0.29) is 17.2 Å². The van der Waals surface area contributed by atoms with Crippen LogP contribution < -0.4 is 10.9 Å². The topological polar surface area (TPSA) is 64.0 Å². The largest absolute Gasteiger partial charge is 0.346 e. The Morgan fingerprint density at radius 2 is 1.70 bits per heavy atom. The van der Waals surface area contributed by atoms with Gasteiger partial charge in [0.15, 0.2) is 5.69 Å². The molecule has 0 radical (unpaired) electrons. The molecule has 2 heterocycles. The average molecular weight is 375 g/mol. The number of fused-ring (bicyclic) bond motifs is 1. The smallest absolute Gasteiger partial charge is 0.274 e. The Balaban J connectivity index is 1.73. The summed E-state index contributed by atoms with van der Waals surface area (Å²) in [5.74, 6) is -0.290. The van der Waals surface area contributed by atoms with Crippen LogP contribution in [0.2, 0.25) is 0 Å². The molecule has 0 aliphatic carbocycles. The van der Waals surface area contributed by atoms with Crippen LogP contribution in [-0.4, -0.2) is 15.7 Å². The highest BCUT2D eigenvalue weighted by Crippen LogP contribution is 2.15. The van der Waals surface area contributed by atoms with Crippen LogP contribution in [0.5, 0.6) is 0 Å². The second-order valence-corrected chi connectivity index (χ2v) is 7.14. The molecule has 134 valence electrons. The number of carbonyl (C=O) groups excluding carboxylic acids is 1. The lowest BCUT2D eigenvalue weighted by atomic mass is 10.1. The summed E-state index contributed by atoms with van der Waals surface area (Å²) in [6, 6.07) is 20.6. The molecule has 0 aliphatic rings. The van der Waals surface area contributed by atoms with Gasteiger partial charge in [-0.25, -0.2) is 4.68 Å². The summed E-state index contributed by atoms with van der Waals surface area (Å²) in [5.41, 5.74) is 1.01. The van der Waals surface area contributed by atoms with Crippen molar-refractivity contribution in [3.05, 3.63) is 98.6 Å². The number of nitrogens with zero attached hydrogens (tertiary/aromatic N) is 2. The van der Waals surface area contributed by atoms with Gasteiger partial charge in [-0.15, -0.1) is 11.3 Å². The number of hydrogen-bond donors (Lipinski definition) is 1. The molecule has 2 aromatic heterocycles. The molecule has 0 saturated carbocycles. The lowest BCUT2D eigenvalue weighted by Gasteiger charge is -2.11. The summed E-state index contributed by atoms with van der Waals surface area (Å²) in [6.07, 6.45) is 0. The number of rotatable bonds is 5. The molecular formula is C21H17N3O2S. The van der Waals surface area contributed by atoms with Crippen LogP contribution in [0.15, 0.2) is 76.9 Å². The Hall–Kier alpha value is -3.25. The number of nitrogens with one attached hydrogen (secondary N) is 1. The van der Waals surface area contributed by atoms with Crippen LogP contribution in [-0.2, 0) is 13.1 Å². The third-order valence-corrected chi connectivity index (χ3v) is 5.14. The van der Waals surface area contributed by atoms with E-state index in [2.05, 4.69) is 10.4 Å². The van der Waals surface area contributed by atoms with Crippen molar-refractivity contribution < 1.29 is 4.79 Å². The van der Waals surface area contributed by atoms with Gasteiger partial charge in [-0.1, -0.05) is 54.6 Å². The molecule has 1 N–H and O–H groups in total. The first-order valence-electron chi connectivity index (χ1n) is 8.57. The monoisotopic (exact) mass is 375 g/mol. The average Bonchev–Trinajstić information content (AvgIpc) is 3.23. The van der Waals surface area contributed by atoms with Crippen molar-refractivity contribution in [3.8, 4) is 0 Å². The molecule has 6 heteroatoms. The molecule has 4 rings (SSSR count). The predicted molar refractivity (Wildman–Crippen MR) is 107 cm³/mol. The van der Waals surface area contributed by atoms with Gasteiger partial charge >= 0.3 is 0 Å². The highest BCUT2D eigenvalue weighted by Gasteiger charge is 2.16. The van der Waals surface area contributed by atoms with Gasteiger partial charge in [-0.2, -0.15) is 5.10 Å². The first kappa shape index (κ1) is 17.2. The normalized spacial score (nSPS) is 10.8. The molecule has 0 spiro atoms. The maximum atomic E-state index is 12.8. The van der Waals surface area contributed by atoms with Crippen molar-refractivity contribution >= 4 is 28.0 Å². The summed E-state index contributed by atoms with van der Waals surface area (Å²) in [5, 5.41) is 10.3. The van der Waals surface area contributed by atoms with Crippen LogP contribution in [0.3, 0.4) is 0 Å². The number of carbonyl (C=O) groups is 1. The fourth-order valence-electron chi connectivity index (χ4n) is 2.93. The van der Waals surface area contributed by atoms with E-state index in [1.54, 1.807) is 35.6 Å². The fourth-order valence-corrected chi connectivity index (χ4v) is 3.58. The first-order chi connectivity index (χ1) is 13.2. The SMILES string of the molecule is O=C(NCc1cccs1)c1nn(Cc2ccccc2)c(=O)c2ccccc12. The van der Waals surface area contributed by atoms with Gasteiger partial charge in [0.05, 0.1) is 18.5 Å². The number of aromatic nitrogens is 2. The summed E-state index contributed by atoms with van der Waals surface area (Å²) in [4.78, 5) is 26.7. The van der Waals surface area contributed by atoms with Crippen LogP contribution in [0, 0.1) is 0 Å². The quantitative estimate of drug-likeness (QED) is 0.581. The summed E-state index contributed by atoms with van der Waals surface area (Å²) < 4.78 is 1.36. The lowest BCUT2D eigenvalue weighted by Crippen LogP contribution is -2.30. The van der Waals surface area contributed by atoms with Crippen molar-refractivity contribution in [1.82, 2.24) is 15.1 Å². The highest BCUT2D eigenvalue weighted by atomic mass is 32.1. The number of thiophene rings is 1. The number of amides is 1. The van der Waals surface area contributed by atoms with Crippen LogP contribution >= 0.6 is 11.3 Å². The van der Waals surface area contributed by atoms with E-state index in [9.17, 15) is 9.59 Å². The Morgan fingerprint density at radius 3 is 2.44 bits per heavy atom. The van der Waals surface area contributed by atoms with Crippen molar-refractivity contribution in [2.45, 2.75) is 13.1 Å². The standard InChI is InChI=1S/C21H17N3O2S/c25-20(22-13-16-9-6-12-27-16)19-17-10-4-5-11-18(17)21(26)24(23-19)14-15-7-2-1-3-8-15/h1-12H,13-14H2,(H,22,25). The lowest BCUT2D eigenvalue weighted by molar-refractivity contribution is 0.0946. The summed E-state index contributed by atoms with van der Waals surface area (Å²) in [6.45, 7) is 0.750. The van der Waals surface area contributed by atoms with Gasteiger partial charge in [0.2, 0.25) is 0 Å². The summed E-state index contributed by atoms with van der Waals surface area (Å²) in [7, 11) is 0. The van der Waals surface area contributed by atoms with Gasteiger partial charge in [-0.05, 0) is 23.1 Å². The minimum atomic E-state index is -0.290. The van der Waals surface area contributed by atoms with Crippen LogP contribution in [0.25, 0.3) is 10.8 Å². The highest BCUT2D eigenvalue weighted by molar-refractivity contribution is 7.09. The van der Waals surface area contributed by atoms with Crippen molar-refractivity contribution in [1.29, 1.82) is 0 Å². The van der Waals surface area contributed by atoms with E-state index in [0.29, 0.717) is 23.9 Å². The van der Waals surface area contributed by atoms with Crippen LogP contribution in [0.1, 0.15) is 20.9 Å². The fraction of sp³-hybridized carbons (Fsp3) is 0.0952. The third-order valence-electron chi connectivity index (χ3n) is 4.26. The van der Waals surface area contributed by atoms with E-state index in [0.717, 1.165) is 10.4 Å². The second kappa shape index (κ2) is 7.55. The molecule has 1 amide bonds. The zero-order chi connectivity index (χ0) is 18.6. The van der Waals surface area contributed by atoms with E-state index < -0.39 is 0 Å². The minimum absolute atomic E-state index is 0.204. The predicted octanol–water partition coefficient (Wildman–Crippen LogP) is 3.44. The molecule has 0 atom stereocenters. The maximum absolute atomic E-state index is 12.8. The molecule has 0 bridgehead atoms. The van der Waals surface area contributed by atoms with E-state index >= 15 is 0 Å². The Morgan fingerprint density at radius 1 is 0.963 bits per heavy atom. The Kier molecular flexibility index (Phi) is 4.80. The van der Waals surface area contributed by atoms with Crippen LogP contribution in [0.4, 0.5) is 0 Å². The molecule has 27 heavy (non-hydrogen) atoms. The molecule has 0 aliphatic heterocycles. The van der Waals surface area contributed by atoms with E-state index in [1.165, 1.54) is 4.68 Å². The summed E-state index contributed by atoms with van der Waals surface area (Å²) >= 11 is 1.58. The van der Waals surface area contributed by atoms with Gasteiger partial charge < -0.3 is 5.32 Å². The first-order valence-corrected chi connectivity index (χ1v) is 9.45. The van der Waals surface area contributed by atoms with Crippen molar-refractivity contribution in [2.24, 2.45) is 0 Å². The molecular weight excluding hydrogens is 358 g/mol. The number of hydrogen-bond acceptors (Lipinski definition) is 4. The molecule has 0 saturated heterocycles. The molecule has 0 unspecified atom stereocenters. The number of benzene rings is 2. The second-order valence-electron chi connectivity index (χ2n) is 6.10. The zero-order valence-electron chi connectivity index (χ0n) is 14.5. The third kappa shape index (κ3) is 3.66.